The van der Waals surface area contributed by atoms with Crippen molar-refractivity contribution in [1.82, 2.24) is 14.8 Å². The maximum Gasteiger partial charge on any atom is 0.255 e. The van der Waals surface area contributed by atoms with Crippen molar-refractivity contribution < 1.29 is 4.79 Å². The van der Waals surface area contributed by atoms with Crippen molar-refractivity contribution in [3.05, 3.63) is 69.1 Å². The second-order valence-electron chi connectivity index (χ2n) is 5.96. The van der Waals surface area contributed by atoms with Crippen molar-refractivity contribution >= 4 is 17.5 Å². The summed E-state index contributed by atoms with van der Waals surface area (Å²) in [5, 5.41) is 0.767. The molecule has 126 valence electrons. The number of aromatic nitrogens is 1. The largest absolute Gasteiger partial charge is 0.336 e. The minimum absolute atomic E-state index is 0.0271. The van der Waals surface area contributed by atoms with Crippen LogP contribution < -0.4 is 5.56 Å². The van der Waals surface area contributed by atoms with E-state index in [0.717, 1.165) is 31.1 Å². The molecule has 1 N–H and O–H groups in total. The highest BCUT2D eigenvalue weighted by atomic mass is 35.5. The second kappa shape index (κ2) is 7.64. The number of rotatable bonds is 4. The minimum atomic E-state index is -0.197. The normalized spacial score (nSPS) is 15.5. The molecule has 24 heavy (non-hydrogen) atoms. The average molecular weight is 346 g/mol. The van der Waals surface area contributed by atoms with Crippen molar-refractivity contribution in [3.63, 3.8) is 0 Å². The summed E-state index contributed by atoms with van der Waals surface area (Å²) in [6.07, 6.45) is 2.44. The molecule has 0 unspecified atom stereocenters. The Bertz CT molecular complexity index is 746. The molecule has 0 bridgehead atoms. The number of hydrogen-bond donors (Lipinski definition) is 1. The molecule has 0 atom stereocenters. The first kappa shape index (κ1) is 16.7. The van der Waals surface area contributed by atoms with Gasteiger partial charge < -0.3 is 9.88 Å². The topological polar surface area (TPSA) is 56.4 Å². The lowest BCUT2D eigenvalue weighted by Crippen LogP contribution is -2.49. The van der Waals surface area contributed by atoms with E-state index in [9.17, 15) is 9.59 Å². The number of nitrogens with zero attached hydrogens (tertiary/aromatic N) is 2. The highest BCUT2D eigenvalue weighted by Crippen LogP contribution is 2.13. The molecule has 1 aromatic heterocycles. The van der Waals surface area contributed by atoms with E-state index in [1.165, 1.54) is 17.8 Å². The lowest BCUT2D eigenvalue weighted by molar-refractivity contribution is 0.0638. The molecule has 1 aromatic carbocycles. The molecule has 3 rings (SSSR count). The van der Waals surface area contributed by atoms with Gasteiger partial charge in [0.05, 0.1) is 5.56 Å². The van der Waals surface area contributed by atoms with Gasteiger partial charge in [-0.25, -0.2) is 0 Å². The summed E-state index contributed by atoms with van der Waals surface area (Å²) in [6, 6.07) is 10.9. The standard InChI is InChI=1S/C18H20ClN3O2/c19-16-3-1-2-14(12-16)6-7-21-8-10-22(11-9-21)18(24)15-4-5-17(23)20-13-15/h1-5,12-13H,6-11H2,(H,20,23). The summed E-state index contributed by atoms with van der Waals surface area (Å²) in [4.78, 5) is 30.2. The second-order valence-corrected chi connectivity index (χ2v) is 6.39. The van der Waals surface area contributed by atoms with Gasteiger partial charge in [-0.2, -0.15) is 0 Å². The van der Waals surface area contributed by atoms with Crippen LogP contribution >= 0.6 is 11.6 Å². The molecular formula is C18H20ClN3O2. The van der Waals surface area contributed by atoms with Crippen LogP contribution in [0.25, 0.3) is 0 Å². The summed E-state index contributed by atoms with van der Waals surface area (Å²) >= 11 is 6.01. The zero-order valence-electron chi connectivity index (χ0n) is 13.4. The Balaban J connectivity index is 1.49. The number of pyridine rings is 1. The first-order chi connectivity index (χ1) is 11.6. The zero-order chi connectivity index (χ0) is 16.9. The van der Waals surface area contributed by atoms with E-state index >= 15 is 0 Å². The number of amides is 1. The monoisotopic (exact) mass is 345 g/mol. The summed E-state index contributed by atoms with van der Waals surface area (Å²) < 4.78 is 0. The van der Waals surface area contributed by atoms with Crippen molar-refractivity contribution in [2.45, 2.75) is 6.42 Å². The maximum absolute atomic E-state index is 12.4. The Hall–Kier alpha value is -2.11. The van der Waals surface area contributed by atoms with Gasteiger partial charge in [-0.15, -0.1) is 0 Å². The van der Waals surface area contributed by atoms with Gasteiger partial charge in [0, 0.05) is 50.0 Å². The Labute approximate surface area is 145 Å². The van der Waals surface area contributed by atoms with Crippen LogP contribution in [-0.4, -0.2) is 53.4 Å². The quantitative estimate of drug-likeness (QED) is 0.922. The van der Waals surface area contributed by atoms with Crippen LogP contribution in [0.15, 0.2) is 47.4 Å². The van der Waals surface area contributed by atoms with Gasteiger partial charge in [-0.3, -0.25) is 14.5 Å². The van der Waals surface area contributed by atoms with E-state index < -0.39 is 0 Å². The number of benzene rings is 1. The van der Waals surface area contributed by atoms with E-state index in [1.807, 2.05) is 23.1 Å². The van der Waals surface area contributed by atoms with Crippen LogP contribution in [0.2, 0.25) is 5.02 Å². The van der Waals surface area contributed by atoms with E-state index in [-0.39, 0.29) is 11.5 Å². The fourth-order valence-electron chi connectivity index (χ4n) is 2.88. The number of nitrogens with one attached hydrogen (secondary N) is 1. The van der Waals surface area contributed by atoms with E-state index in [1.54, 1.807) is 6.07 Å². The first-order valence-corrected chi connectivity index (χ1v) is 8.44. The number of carbonyl (C=O) groups is 1. The van der Waals surface area contributed by atoms with Gasteiger partial charge in [0.25, 0.3) is 5.91 Å². The predicted octanol–water partition coefficient (Wildman–Crippen LogP) is 2.03. The number of H-pyrrole nitrogens is 1. The van der Waals surface area contributed by atoms with Gasteiger partial charge in [0.1, 0.15) is 0 Å². The summed E-state index contributed by atoms with van der Waals surface area (Å²) in [6.45, 7) is 4.08. The van der Waals surface area contributed by atoms with Gasteiger partial charge >= 0.3 is 0 Å². The molecule has 0 spiro atoms. The molecule has 0 aliphatic carbocycles. The highest BCUT2D eigenvalue weighted by molar-refractivity contribution is 6.30. The van der Waals surface area contributed by atoms with Crippen LogP contribution in [0, 0.1) is 0 Å². The summed E-state index contributed by atoms with van der Waals surface area (Å²) in [5.74, 6) is -0.0271. The van der Waals surface area contributed by atoms with Crippen molar-refractivity contribution in [2.75, 3.05) is 32.7 Å². The third-order valence-corrected chi connectivity index (χ3v) is 4.53. The van der Waals surface area contributed by atoms with Crippen molar-refractivity contribution in [3.8, 4) is 0 Å². The third-order valence-electron chi connectivity index (χ3n) is 4.30. The number of aromatic amines is 1. The Morgan fingerprint density at radius 2 is 1.92 bits per heavy atom. The fourth-order valence-corrected chi connectivity index (χ4v) is 3.09. The number of piperazine rings is 1. The van der Waals surface area contributed by atoms with E-state index in [0.29, 0.717) is 18.7 Å². The van der Waals surface area contributed by atoms with E-state index in [4.69, 9.17) is 11.6 Å². The Kier molecular flexibility index (Phi) is 5.33. The Morgan fingerprint density at radius 3 is 2.58 bits per heavy atom. The lowest BCUT2D eigenvalue weighted by Gasteiger charge is -2.34. The molecule has 6 heteroatoms. The molecule has 1 aliphatic heterocycles. The van der Waals surface area contributed by atoms with Gasteiger partial charge in [0.15, 0.2) is 0 Å². The molecule has 5 nitrogen and oxygen atoms in total. The van der Waals surface area contributed by atoms with Crippen LogP contribution in [0.4, 0.5) is 0 Å². The molecule has 1 amide bonds. The smallest absolute Gasteiger partial charge is 0.255 e. The van der Waals surface area contributed by atoms with Gasteiger partial charge in [-0.1, -0.05) is 23.7 Å². The van der Waals surface area contributed by atoms with Crippen LogP contribution in [0.3, 0.4) is 0 Å². The molecule has 0 radical (unpaired) electrons. The number of hydrogen-bond acceptors (Lipinski definition) is 3. The van der Waals surface area contributed by atoms with E-state index in [2.05, 4.69) is 16.0 Å². The number of carbonyl (C=O) groups excluding carboxylic acids is 1. The van der Waals surface area contributed by atoms with Crippen molar-refractivity contribution in [2.24, 2.45) is 0 Å². The highest BCUT2D eigenvalue weighted by Gasteiger charge is 2.21. The van der Waals surface area contributed by atoms with Crippen LogP contribution in [-0.2, 0) is 6.42 Å². The molecule has 1 fully saturated rings. The molecule has 1 aliphatic rings. The molecule has 1 saturated heterocycles. The SMILES string of the molecule is O=C(c1ccc(=O)[nH]c1)N1CCN(CCc2cccc(Cl)c2)CC1. The third kappa shape index (κ3) is 4.24. The first-order valence-electron chi connectivity index (χ1n) is 8.06. The van der Waals surface area contributed by atoms with Crippen molar-refractivity contribution in [1.29, 1.82) is 0 Å². The van der Waals surface area contributed by atoms with Crippen LogP contribution in [0.1, 0.15) is 15.9 Å². The Morgan fingerprint density at radius 1 is 1.12 bits per heavy atom. The molecule has 2 heterocycles. The van der Waals surface area contributed by atoms with Gasteiger partial charge in [0.2, 0.25) is 5.56 Å². The summed E-state index contributed by atoms with van der Waals surface area (Å²) in [7, 11) is 0. The molecular weight excluding hydrogens is 326 g/mol. The minimum Gasteiger partial charge on any atom is -0.336 e. The predicted molar refractivity (Wildman–Crippen MR) is 94.6 cm³/mol. The number of halogens is 1. The fraction of sp³-hybridized carbons (Fsp3) is 0.333. The maximum atomic E-state index is 12.4. The summed E-state index contributed by atoms with van der Waals surface area (Å²) in [5.41, 5.74) is 1.56. The van der Waals surface area contributed by atoms with Gasteiger partial charge in [-0.05, 0) is 30.2 Å². The molecule has 2 aromatic rings. The molecule has 0 saturated carbocycles. The lowest BCUT2D eigenvalue weighted by atomic mass is 10.1. The zero-order valence-corrected chi connectivity index (χ0v) is 14.1. The average Bonchev–Trinajstić information content (AvgIpc) is 2.61. The van der Waals surface area contributed by atoms with Crippen LogP contribution in [0.5, 0.6) is 0 Å².